The van der Waals surface area contributed by atoms with Gasteiger partial charge in [0.15, 0.2) is 5.82 Å². The Bertz CT molecular complexity index is 1380. The molecule has 174 valence electrons. The molecule has 0 spiro atoms. The Morgan fingerprint density at radius 3 is 2.56 bits per heavy atom. The van der Waals surface area contributed by atoms with Gasteiger partial charge in [0.05, 0.1) is 28.0 Å². The number of aryl methyl sites for hydroxylation is 3. The van der Waals surface area contributed by atoms with E-state index in [1.165, 1.54) is 6.07 Å². The van der Waals surface area contributed by atoms with Crippen LogP contribution in [-0.2, 0) is 25.8 Å². The number of carbonyl (C=O) groups is 1. The topological polar surface area (TPSA) is 85.6 Å². The monoisotopic (exact) mass is 458 g/mol. The van der Waals surface area contributed by atoms with Crippen LogP contribution >= 0.6 is 0 Å². The molecule has 0 saturated carbocycles. The molecular formula is C26H27FN6O. The van der Waals surface area contributed by atoms with Gasteiger partial charge in [-0.2, -0.15) is 0 Å². The fraction of sp³-hybridized carbons (Fsp3) is 0.346. The summed E-state index contributed by atoms with van der Waals surface area (Å²) < 4.78 is 16.8. The number of aromatic nitrogens is 5. The Balaban J connectivity index is 1.43. The SMILES string of the molecule is CCc1nc2ccc(C(=O)Nc3ccc(F)c(-c4nnc5n4CCCCC5)c3)cc2nc1CC. The van der Waals surface area contributed by atoms with Crippen molar-refractivity contribution in [2.24, 2.45) is 0 Å². The Hall–Kier alpha value is -3.68. The Morgan fingerprint density at radius 2 is 1.76 bits per heavy atom. The lowest BCUT2D eigenvalue weighted by molar-refractivity contribution is 0.102. The minimum Gasteiger partial charge on any atom is -0.322 e. The average Bonchev–Trinajstić information content (AvgIpc) is 3.11. The zero-order chi connectivity index (χ0) is 23.7. The van der Waals surface area contributed by atoms with Gasteiger partial charge in [0.25, 0.3) is 5.91 Å². The van der Waals surface area contributed by atoms with Crippen molar-refractivity contribution in [3.8, 4) is 11.4 Å². The van der Waals surface area contributed by atoms with E-state index in [0.29, 0.717) is 28.2 Å². The van der Waals surface area contributed by atoms with Crippen molar-refractivity contribution in [2.75, 3.05) is 5.32 Å². The predicted octanol–water partition coefficient (Wildman–Crippen LogP) is 5.13. The lowest BCUT2D eigenvalue weighted by Crippen LogP contribution is -2.13. The van der Waals surface area contributed by atoms with Gasteiger partial charge in [-0.1, -0.05) is 20.3 Å². The molecule has 0 saturated heterocycles. The number of benzene rings is 2. The first kappa shape index (κ1) is 22.1. The van der Waals surface area contributed by atoms with E-state index >= 15 is 0 Å². The Kier molecular flexibility index (Phi) is 6.04. The highest BCUT2D eigenvalue weighted by Gasteiger charge is 2.19. The second kappa shape index (κ2) is 9.29. The van der Waals surface area contributed by atoms with Crippen LogP contribution in [0.3, 0.4) is 0 Å². The Labute approximate surface area is 197 Å². The van der Waals surface area contributed by atoms with Crippen molar-refractivity contribution in [1.29, 1.82) is 0 Å². The largest absolute Gasteiger partial charge is 0.322 e. The highest BCUT2D eigenvalue weighted by Crippen LogP contribution is 2.28. The van der Waals surface area contributed by atoms with Gasteiger partial charge < -0.3 is 9.88 Å². The molecule has 1 amide bonds. The third-order valence-electron chi connectivity index (χ3n) is 6.33. The van der Waals surface area contributed by atoms with Crippen LogP contribution in [0.1, 0.15) is 60.7 Å². The first-order valence-corrected chi connectivity index (χ1v) is 11.9. The molecule has 4 aromatic rings. The fourth-order valence-corrected chi connectivity index (χ4v) is 4.50. The van der Waals surface area contributed by atoms with Crippen LogP contribution in [0.15, 0.2) is 36.4 Å². The average molecular weight is 459 g/mol. The summed E-state index contributed by atoms with van der Waals surface area (Å²) in [5, 5.41) is 11.4. The van der Waals surface area contributed by atoms with Gasteiger partial charge in [-0.05, 0) is 62.1 Å². The lowest BCUT2D eigenvalue weighted by atomic mass is 10.1. The van der Waals surface area contributed by atoms with E-state index in [-0.39, 0.29) is 5.91 Å². The molecule has 1 N–H and O–H groups in total. The predicted molar refractivity (Wildman–Crippen MR) is 129 cm³/mol. The highest BCUT2D eigenvalue weighted by atomic mass is 19.1. The van der Waals surface area contributed by atoms with E-state index < -0.39 is 5.82 Å². The van der Waals surface area contributed by atoms with Crippen molar-refractivity contribution in [2.45, 2.75) is 58.9 Å². The van der Waals surface area contributed by atoms with Crippen molar-refractivity contribution < 1.29 is 9.18 Å². The van der Waals surface area contributed by atoms with Gasteiger partial charge in [-0.3, -0.25) is 4.79 Å². The summed E-state index contributed by atoms with van der Waals surface area (Å²) in [6.45, 7) is 4.88. The van der Waals surface area contributed by atoms with Crippen LogP contribution in [0.25, 0.3) is 22.4 Å². The first-order valence-electron chi connectivity index (χ1n) is 11.9. The number of nitrogens with zero attached hydrogens (tertiary/aromatic N) is 5. The number of rotatable bonds is 5. The van der Waals surface area contributed by atoms with Crippen molar-refractivity contribution in [3.05, 3.63) is 65.0 Å². The number of halogens is 1. The number of carbonyl (C=O) groups excluding carboxylic acids is 1. The molecule has 0 radical (unpaired) electrons. The van der Waals surface area contributed by atoms with Crippen LogP contribution in [0.5, 0.6) is 0 Å². The van der Waals surface area contributed by atoms with E-state index in [9.17, 15) is 9.18 Å². The molecule has 0 unspecified atom stereocenters. The summed E-state index contributed by atoms with van der Waals surface area (Å²) in [5.74, 6) is 0.706. The summed E-state index contributed by atoms with van der Waals surface area (Å²) in [7, 11) is 0. The molecule has 0 bridgehead atoms. The summed E-state index contributed by atoms with van der Waals surface area (Å²) >= 11 is 0. The molecule has 2 aromatic heterocycles. The number of amides is 1. The summed E-state index contributed by atoms with van der Waals surface area (Å²) in [5.41, 5.74) is 4.68. The number of anilines is 1. The number of fused-ring (bicyclic) bond motifs is 2. The van der Waals surface area contributed by atoms with Gasteiger partial charge in [0, 0.05) is 24.2 Å². The molecule has 3 heterocycles. The van der Waals surface area contributed by atoms with E-state index in [0.717, 1.165) is 67.8 Å². The van der Waals surface area contributed by atoms with E-state index in [1.54, 1.807) is 24.3 Å². The molecule has 1 aliphatic rings. The summed E-state index contributed by atoms with van der Waals surface area (Å²) in [6.07, 6.45) is 5.64. The second-order valence-corrected chi connectivity index (χ2v) is 8.58. The van der Waals surface area contributed by atoms with Gasteiger partial charge in [0.1, 0.15) is 11.6 Å². The zero-order valence-electron chi connectivity index (χ0n) is 19.4. The normalized spacial score (nSPS) is 13.5. The third-order valence-corrected chi connectivity index (χ3v) is 6.33. The molecule has 0 atom stereocenters. The quantitative estimate of drug-likeness (QED) is 0.448. The van der Waals surface area contributed by atoms with Gasteiger partial charge in [-0.25, -0.2) is 14.4 Å². The maximum Gasteiger partial charge on any atom is 0.255 e. The van der Waals surface area contributed by atoms with Crippen LogP contribution in [0.2, 0.25) is 0 Å². The van der Waals surface area contributed by atoms with Crippen molar-refractivity contribution in [1.82, 2.24) is 24.7 Å². The first-order chi connectivity index (χ1) is 16.6. The lowest BCUT2D eigenvalue weighted by Gasteiger charge is -2.11. The Morgan fingerprint density at radius 1 is 0.971 bits per heavy atom. The fourth-order valence-electron chi connectivity index (χ4n) is 4.50. The highest BCUT2D eigenvalue weighted by molar-refractivity contribution is 6.06. The molecular weight excluding hydrogens is 431 g/mol. The third kappa shape index (κ3) is 4.16. The molecule has 1 aliphatic heterocycles. The van der Waals surface area contributed by atoms with E-state index in [1.807, 2.05) is 17.6 Å². The number of nitrogens with one attached hydrogen (secondary N) is 1. The maximum atomic E-state index is 14.8. The van der Waals surface area contributed by atoms with Gasteiger partial charge >= 0.3 is 0 Å². The summed E-state index contributed by atoms with van der Waals surface area (Å²) in [6, 6.07) is 9.84. The van der Waals surface area contributed by atoms with Crippen molar-refractivity contribution in [3.63, 3.8) is 0 Å². The molecule has 8 heteroatoms. The minimum absolute atomic E-state index is 0.293. The van der Waals surface area contributed by atoms with Gasteiger partial charge in [-0.15, -0.1) is 10.2 Å². The molecule has 2 aromatic carbocycles. The van der Waals surface area contributed by atoms with Crippen molar-refractivity contribution >= 4 is 22.6 Å². The molecule has 5 rings (SSSR count). The van der Waals surface area contributed by atoms with Crippen LogP contribution < -0.4 is 5.32 Å². The van der Waals surface area contributed by atoms with Gasteiger partial charge in [0.2, 0.25) is 0 Å². The molecule has 34 heavy (non-hydrogen) atoms. The maximum absolute atomic E-state index is 14.8. The summed E-state index contributed by atoms with van der Waals surface area (Å²) in [4.78, 5) is 22.4. The van der Waals surface area contributed by atoms with E-state index in [2.05, 4.69) is 27.4 Å². The number of hydrogen-bond donors (Lipinski definition) is 1. The molecule has 0 aliphatic carbocycles. The standard InChI is InChI=1S/C26H27FN6O/c1-3-20-21(4-2)30-23-14-16(9-12-22(23)29-20)26(34)28-17-10-11-19(27)18(15-17)25-32-31-24-8-6-5-7-13-33(24)25/h9-12,14-15H,3-8,13H2,1-2H3,(H,28,34). The number of hydrogen-bond acceptors (Lipinski definition) is 5. The second-order valence-electron chi connectivity index (χ2n) is 8.58. The molecule has 7 nitrogen and oxygen atoms in total. The zero-order valence-corrected chi connectivity index (χ0v) is 19.4. The van der Waals surface area contributed by atoms with Crippen LogP contribution in [0.4, 0.5) is 10.1 Å². The van der Waals surface area contributed by atoms with Crippen LogP contribution in [0, 0.1) is 5.82 Å². The molecule has 0 fully saturated rings. The van der Waals surface area contributed by atoms with E-state index in [4.69, 9.17) is 4.98 Å². The van der Waals surface area contributed by atoms with Crippen LogP contribution in [-0.4, -0.2) is 30.6 Å². The smallest absolute Gasteiger partial charge is 0.255 e. The minimum atomic E-state index is -0.391.